The van der Waals surface area contributed by atoms with Gasteiger partial charge in [0.05, 0.1) is 19.4 Å². The lowest BCUT2D eigenvalue weighted by molar-refractivity contribution is -0.125. The number of carbonyl (C=O) groups excluding carboxylic acids is 1. The summed E-state index contributed by atoms with van der Waals surface area (Å²) in [6, 6.07) is 13.5. The Bertz CT molecular complexity index is 913. The molecule has 0 saturated carbocycles. The summed E-state index contributed by atoms with van der Waals surface area (Å²) >= 11 is 0. The number of rotatable bonds is 8. The highest BCUT2D eigenvalue weighted by Crippen LogP contribution is 2.27. The van der Waals surface area contributed by atoms with Crippen LogP contribution < -0.4 is 10.1 Å². The average molecular weight is 405 g/mol. The number of nitrogens with zero attached hydrogens (tertiary/aromatic N) is 1. The zero-order valence-corrected chi connectivity index (χ0v) is 17.8. The molecule has 0 aromatic heterocycles. The van der Waals surface area contributed by atoms with Crippen molar-refractivity contribution in [2.45, 2.75) is 32.4 Å². The van der Waals surface area contributed by atoms with Crippen molar-refractivity contribution >= 4 is 15.9 Å². The van der Waals surface area contributed by atoms with Crippen molar-refractivity contribution in [3.05, 3.63) is 65.2 Å². The van der Waals surface area contributed by atoms with Gasteiger partial charge in [-0.1, -0.05) is 49.4 Å². The molecule has 6 nitrogen and oxygen atoms in total. The normalized spacial score (nSPS) is 13.8. The van der Waals surface area contributed by atoms with Gasteiger partial charge in [0.1, 0.15) is 11.8 Å². The molecule has 2 unspecified atom stereocenters. The van der Waals surface area contributed by atoms with Gasteiger partial charge in [0, 0.05) is 7.05 Å². The van der Waals surface area contributed by atoms with Crippen molar-refractivity contribution in [1.82, 2.24) is 9.62 Å². The molecule has 2 aromatic carbocycles. The number of amides is 1. The molecule has 2 rings (SSSR count). The minimum atomic E-state index is -3.56. The molecule has 2 atom stereocenters. The standard InChI is InChI=1S/C21H28N2O4S/c1-6-18(17-12-13-19(27-4)15(2)14-17)22-21(24)20(23(3)28(5,25)26)16-10-8-7-9-11-16/h7-14,18,20H,6H2,1-5H3,(H,22,24). The topological polar surface area (TPSA) is 75.7 Å². The van der Waals surface area contributed by atoms with Crippen LogP contribution in [0.5, 0.6) is 5.75 Å². The Morgan fingerprint density at radius 2 is 1.79 bits per heavy atom. The summed E-state index contributed by atoms with van der Waals surface area (Å²) in [4.78, 5) is 13.1. The maximum absolute atomic E-state index is 13.1. The molecular weight excluding hydrogens is 376 g/mol. The molecule has 2 aromatic rings. The summed E-state index contributed by atoms with van der Waals surface area (Å²) in [6.07, 6.45) is 1.77. The number of methoxy groups -OCH3 is 1. The largest absolute Gasteiger partial charge is 0.496 e. The highest BCUT2D eigenvalue weighted by molar-refractivity contribution is 7.88. The van der Waals surface area contributed by atoms with Crippen LogP contribution in [0.25, 0.3) is 0 Å². The van der Waals surface area contributed by atoms with E-state index in [1.54, 1.807) is 31.4 Å². The van der Waals surface area contributed by atoms with Gasteiger partial charge in [0.15, 0.2) is 0 Å². The van der Waals surface area contributed by atoms with Gasteiger partial charge in [-0.3, -0.25) is 4.79 Å². The molecule has 0 aliphatic heterocycles. The Morgan fingerprint density at radius 3 is 2.29 bits per heavy atom. The number of likely N-dealkylation sites (N-methyl/N-ethyl adjacent to an activating group) is 1. The van der Waals surface area contributed by atoms with Crippen molar-refractivity contribution in [1.29, 1.82) is 0 Å². The Kier molecular flexibility index (Phi) is 7.21. The minimum absolute atomic E-state index is 0.240. The summed E-state index contributed by atoms with van der Waals surface area (Å²) in [5.74, 6) is 0.420. The molecule has 0 heterocycles. The molecular formula is C21H28N2O4S. The number of sulfonamides is 1. The van der Waals surface area contributed by atoms with Gasteiger partial charge in [0.25, 0.3) is 0 Å². The number of ether oxygens (including phenoxy) is 1. The first kappa shape index (κ1) is 21.9. The average Bonchev–Trinajstić information content (AvgIpc) is 2.66. The Hall–Kier alpha value is -2.38. The highest BCUT2D eigenvalue weighted by atomic mass is 32.2. The predicted octanol–water partition coefficient (Wildman–Crippen LogP) is 3.20. The number of benzene rings is 2. The van der Waals surface area contributed by atoms with E-state index in [0.717, 1.165) is 27.4 Å². The molecule has 1 N–H and O–H groups in total. The zero-order chi connectivity index (χ0) is 20.9. The van der Waals surface area contributed by atoms with E-state index in [0.29, 0.717) is 12.0 Å². The first-order valence-corrected chi connectivity index (χ1v) is 11.0. The van der Waals surface area contributed by atoms with E-state index < -0.39 is 16.1 Å². The summed E-state index contributed by atoms with van der Waals surface area (Å²) in [6.45, 7) is 3.92. The van der Waals surface area contributed by atoms with Gasteiger partial charge in [-0.2, -0.15) is 4.31 Å². The van der Waals surface area contributed by atoms with E-state index in [-0.39, 0.29) is 11.9 Å². The number of hydrogen-bond acceptors (Lipinski definition) is 4. The lowest BCUT2D eigenvalue weighted by Crippen LogP contribution is -2.42. The summed E-state index contributed by atoms with van der Waals surface area (Å²) in [7, 11) is -0.523. The fourth-order valence-corrected chi connectivity index (χ4v) is 3.74. The zero-order valence-electron chi connectivity index (χ0n) is 17.0. The van der Waals surface area contributed by atoms with Crippen LogP contribution in [0.15, 0.2) is 48.5 Å². The quantitative estimate of drug-likeness (QED) is 0.733. The smallest absolute Gasteiger partial charge is 0.243 e. The van der Waals surface area contributed by atoms with Crippen molar-refractivity contribution < 1.29 is 17.9 Å². The van der Waals surface area contributed by atoms with E-state index in [2.05, 4.69) is 5.32 Å². The van der Waals surface area contributed by atoms with Gasteiger partial charge in [-0.15, -0.1) is 0 Å². The second-order valence-corrected chi connectivity index (χ2v) is 8.83. The lowest BCUT2D eigenvalue weighted by Gasteiger charge is -2.28. The predicted molar refractivity (Wildman–Crippen MR) is 111 cm³/mol. The fraction of sp³-hybridized carbons (Fsp3) is 0.381. The van der Waals surface area contributed by atoms with Gasteiger partial charge in [-0.25, -0.2) is 8.42 Å². The Balaban J connectivity index is 2.34. The second kappa shape index (κ2) is 9.21. The van der Waals surface area contributed by atoms with Crippen LogP contribution in [0.3, 0.4) is 0 Å². The molecule has 0 aliphatic carbocycles. The number of hydrogen-bond donors (Lipinski definition) is 1. The molecule has 0 saturated heterocycles. The molecule has 0 fully saturated rings. The van der Waals surface area contributed by atoms with Crippen LogP contribution in [-0.2, 0) is 14.8 Å². The molecule has 1 amide bonds. The number of aryl methyl sites for hydroxylation is 1. The van der Waals surface area contributed by atoms with Crippen molar-refractivity contribution in [2.24, 2.45) is 0 Å². The summed E-state index contributed by atoms with van der Waals surface area (Å²) < 4.78 is 30.6. The maximum Gasteiger partial charge on any atom is 0.243 e. The number of carbonyl (C=O) groups is 1. The van der Waals surface area contributed by atoms with Crippen LogP contribution in [0.2, 0.25) is 0 Å². The van der Waals surface area contributed by atoms with Gasteiger partial charge in [-0.05, 0) is 36.1 Å². The molecule has 0 spiro atoms. The summed E-state index contributed by atoms with van der Waals surface area (Å²) in [5.41, 5.74) is 2.54. The highest BCUT2D eigenvalue weighted by Gasteiger charge is 2.31. The first-order chi connectivity index (χ1) is 13.2. The second-order valence-electron chi connectivity index (χ2n) is 6.79. The molecule has 28 heavy (non-hydrogen) atoms. The van der Waals surface area contributed by atoms with Gasteiger partial charge >= 0.3 is 0 Å². The molecule has 0 aliphatic rings. The first-order valence-electron chi connectivity index (χ1n) is 9.11. The van der Waals surface area contributed by atoms with Crippen LogP contribution >= 0.6 is 0 Å². The van der Waals surface area contributed by atoms with Crippen LogP contribution in [-0.4, -0.2) is 39.0 Å². The maximum atomic E-state index is 13.1. The number of nitrogens with one attached hydrogen (secondary N) is 1. The van der Waals surface area contributed by atoms with E-state index >= 15 is 0 Å². The van der Waals surface area contributed by atoms with E-state index in [4.69, 9.17) is 4.74 Å². The van der Waals surface area contributed by atoms with Crippen molar-refractivity contribution in [3.63, 3.8) is 0 Å². The minimum Gasteiger partial charge on any atom is -0.496 e. The van der Waals surface area contributed by atoms with E-state index in [1.165, 1.54) is 7.05 Å². The van der Waals surface area contributed by atoms with Gasteiger partial charge < -0.3 is 10.1 Å². The van der Waals surface area contributed by atoms with Crippen LogP contribution in [0, 0.1) is 6.92 Å². The van der Waals surface area contributed by atoms with Crippen LogP contribution in [0.4, 0.5) is 0 Å². The molecule has 7 heteroatoms. The third-order valence-corrected chi connectivity index (χ3v) is 6.05. The molecule has 0 radical (unpaired) electrons. The molecule has 0 bridgehead atoms. The Labute approximate surface area is 167 Å². The third kappa shape index (κ3) is 5.11. The van der Waals surface area contributed by atoms with E-state index in [9.17, 15) is 13.2 Å². The Morgan fingerprint density at radius 1 is 1.14 bits per heavy atom. The summed E-state index contributed by atoms with van der Waals surface area (Å²) in [5, 5.41) is 3.01. The monoisotopic (exact) mass is 404 g/mol. The SMILES string of the molecule is CCC(NC(=O)C(c1ccccc1)N(C)S(C)(=O)=O)c1ccc(OC)c(C)c1. The van der Waals surface area contributed by atoms with E-state index in [1.807, 2.05) is 38.1 Å². The third-order valence-electron chi connectivity index (χ3n) is 4.80. The van der Waals surface area contributed by atoms with Gasteiger partial charge in [0.2, 0.25) is 15.9 Å². The van der Waals surface area contributed by atoms with Crippen molar-refractivity contribution in [3.8, 4) is 5.75 Å². The fourth-order valence-electron chi connectivity index (χ4n) is 3.14. The molecule has 152 valence electrons. The lowest BCUT2D eigenvalue weighted by atomic mass is 10.00. The van der Waals surface area contributed by atoms with Crippen LogP contribution in [0.1, 0.15) is 42.1 Å². The van der Waals surface area contributed by atoms with Crippen molar-refractivity contribution in [2.75, 3.05) is 20.4 Å².